The van der Waals surface area contributed by atoms with Gasteiger partial charge in [-0.15, -0.1) is 0 Å². The monoisotopic (exact) mass is 441 g/mol. The molecule has 0 bridgehead atoms. The summed E-state index contributed by atoms with van der Waals surface area (Å²) in [6, 6.07) is 3.44. The average molecular weight is 441 g/mol. The molecule has 24 heavy (non-hydrogen) atoms. The first kappa shape index (κ1) is 16.7. The van der Waals surface area contributed by atoms with Gasteiger partial charge in [0.25, 0.3) is 5.91 Å². The number of benzene rings is 1. The molecule has 2 aliphatic heterocycles. The lowest BCUT2D eigenvalue weighted by Crippen LogP contribution is -2.46. The third-order valence-corrected chi connectivity index (χ3v) is 4.78. The summed E-state index contributed by atoms with van der Waals surface area (Å²) in [4.78, 5) is 36.8. The van der Waals surface area contributed by atoms with Crippen LogP contribution in [0.1, 0.15) is 28.8 Å². The number of carbonyl (C=O) groups excluding carboxylic acids is 2. The quantitative estimate of drug-likeness (QED) is 0.616. The molecule has 0 saturated carbocycles. The van der Waals surface area contributed by atoms with Crippen molar-refractivity contribution in [3.63, 3.8) is 0 Å². The van der Waals surface area contributed by atoms with Crippen LogP contribution in [0.5, 0.6) is 0 Å². The summed E-state index contributed by atoms with van der Waals surface area (Å²) < 4.78 is 0.921. The molecule has 0 radical (unpaired) electrons. The number of halogens is 1. The van der Waals surface area contributed by atoms with Gasteiger partial charge < -0.3 is 20.6 Å². The molecule has 1 unspecified atom stereocenters. The van der Waals surface area contributed by atoms with Crippen LogP contribution in [0.4, 0.5) is 5.69 Å². The van der Waals surface area contributed by atoms with Gasteiger partial charge in [0, 0.05) is 27.9 Å². The number of amides is 2. The fraction of sp³-hybridized carbons (Fsp3) is 0.312. The number of nitrogens with zero attached hydrogens (tertiary/aromatic N) is 1. The predicted octanol–water partition coefficient (Wildman–Crippen LogP) is 1.54. The maximum absolute atomic E-state index is 12.9. The first-order valence-corrected chi connectivity index (χ1v) is 8.52. The Hall–Kier alpha value is -2.10. The minimum Gasteiger partial charge on any atom is -0.480 e. The van der Waals surface area contributed by atoms with Crippen LogP contribution < -0.4 is 10.6 Å². The van der Waals surface area contributed by atoms with Crippen LogP contribution in [0, 0.1) is 3.57 Å². The Morgan fingerprint density at radius 3 is 2.88 bits per heavy atom. The van der Waals surface area contributed by atoms with Crippen molar-refractivity contribution in [2.24, 2.45) is 0 Å². The molecule has 0 aromatic heterocycles. The van der Waals surface area contributed by atoms with Crippen molar-refractivity contribution < 1.29 is 19.5 Å². The number of rotatable bonds is 4. The first-order chi connectivity index (χ1) is 11.4. The Balaban J connectivity index is 1.89. The Morgan fingerprint density at radius 1 is 1.46 bits per heavy atom. The number of nitrogens with one attached hydrogen (secondary N) is 2. The first-order valence-electron chi connectivity index (χ1n) is 7.44. The number of hydrogen-bond acceptors (Lipinski definition) is 4. The third-order valence-electron chi connectivity index (χ3n) is 4.15. The lowest BCUT2D eigenvalue weighted by Gasteiger charge is -2.32. The standard InChI is InChI=1S/C16H16IN3O4/c1-8-12(2-3-13(21)19-8)20-7-9-4-10(17)5-11(15(9)16(20)24)18-6-14(22)23/h4-5,12,18H,1-3,6-7H2,(H,19,21)(H,22,23). The zero-order chi connectivity index (χ0) is 17.4. The van der Waals surface area contributed by atoms with Gasteiger partial charge in [-0.05, 0) is 46.7 Å². The van der Waals surface area contributed by atoms with Crippen LogP contribution in [0.3, 0.4) is 0 Å². The number of carboxylic acid groups (broad SMARTS) is 1. The highest BCUT2D eigenvalue weighted by atomic mass is 127. The van der Waals surface area contributed by atoms with Crippen molar-refractivity contribution in [2.75, 3.05) is 11.9 Å². The van der Waals surface area contributed by atoms with E-state index >= 15 is 0 Å². The minimum absolute atomic E-state index is 0.0845. The summed E-state index contributed by atoms with van der Waals surface area (Å²) in [5, 5.41) is 14.4. The van der Waals surface area contributed by atoms with Crippen LogP contribution in [-0.4, -0.2) is 40.4 Å². The molecule has 1 fully saturated rings. The van der Waals surface area contributed by atoms with E-state index in [2.05, 4.69) is 39.8 Å². The molecule has 2 amide bonds. The molecule has 1 atom stereocenters. The van der Waals surface area contributed by atoms with Crippen LogP contribution in [0.2, 0.25) is 0 Å². The van der Waals surface area contributed by atoms with Crippen LogP contribution in [0.15, 0.2) is 24.4 Å². The van der Waals surface area contributed by atoms with Crippen molar-refractivity contribution in [3.8, 4) is 0 Å². The molecule has 1 aromatic rings. The zero-order valence-corrected chi connectivity index (χ0v) is 14.9. The molecule has 126 valence electrons. The molecule has 8 heteroatoms. The SMILES string of the molecule is C=C1NC(=O)CCC1N1Cc2cc(I)cc(NCC(=O)O)c2C1=O. The Labute approximate surface area is 152 Å². The average Bonchev–Trinajstić information content (AvgIpc) is 2.81. The van der Waals surface area contributed by atoms with E-state index in [9.17, 15) is 14.4 Å². The van der Waals surface area contributed by atoms with Gasteiger partial charge in [0.2, 0.25) is 5.91 Å². The van der Waals surface area contributed by atoms with E-state index in [1.165, 1.54) is 0 Å². The lowest BCUT2D eigenvalue weighted by atomic mass is 10.0. The molecular weight excluding hydrogens is 425 g/mol. The summed E-state index contributed by atoms with van der Waals surface area (Å²) in [7, 11) is 0. The van der Waals surface area contributed by atoms with Gasteiger partial charge in [-0.2, -0.15) is 0 Å². The number of piperidine rings is 1. The van der Waals surface area contributed by atoms with Gasteiger partial charge in [-0.25, -0.2) is 0 Å². The van der Waals surface area contributed by atoms with E-state index in [1.54, 1.807) is 11.0 Å². The summed E-state index contributed by atoms with van der Waals surface area (Å²) in [6.07, 6.45) is 0.894. The smallest absolute Gasteiger partial charge is 0.322 e. The van der Waals surface area contributed by atoms with Gasteiger partial charge in [-0.3, -0.25) is 14.4 Å². The van der Waals surface area contributed by atoms with Gasteiger partial charge in [0.15, 0.2) is 0 Å². The number of fused-ring (bicyclic) bond motifs is 1. The van der Waals surface area contributed by atoms with E-state index in [1.807, 2.05) is 6.07 Å². The normalized spacial score (nSPS) is 20.0. The molecule has 0 aliphatic carbocycles. The summed E-state index contributed by atoms with van der Waals surface area (Å²) in [5.74, 6) is -1.25. The summed E-state index contributed by atoms with van der Waals surface area (Å²) in [6.45, 7) is 4.03. The van der Waals surface area contributed by atoms with E-state index in [0.717, 1.165) is 9.13 Å². The molecule has 1 saturated heterocycles. The highest BCUT2D eigenvalue weighted by Gasteiger charge is 2.38. The van der Waals surface area contributed by atoms with Crippen LogP contribution in [0.25, 0.3) is 0 Å². The van der Waals surface area contributed by atoms with Crippen molar-refractivity contribution >= 4 is 46.1 Å². The fourth-order valence-electron chi connectivity index (χ4n) is 3.11. The Morgan fingerprint density at radius 2 is 2.21 bits per heavy atom. The van der Waals surface area contributed by atoms with Crippen LogP contribution in [-0.2, 0) is 16.1 Å². The molecule has 3 rings (SSSR count). The van der Waals surface area contributed by atoms with Gasteiger partial charge in [0.05, 0.1) is 11.6 Å². The Kier molecular flexibility index (Phi) is 4.48. The van der Waals surface area contributed by atoms with Crippen molar-refractivity contribution in [1.29, 1.82) is 0 Å². The number of carboxylic acids is 1. The van der Waals surface area contributed by atoms with Gasteiger partial charge >= 0.3 is 5.97 Å². The molecule has 1 aromatic carbocycles. The number of carbonyl (C=O) groups is 3. The van der Waals surface area contributed by atoms with Gasteiger partial charge in [-0.1, -0.05) is 6.58 Å². The zero-order valence-electron chi connectivity index (χ0n) is 12.8. The predicted molar refractivity (Wildman–Crippen MR) is 95.5 cm³/mol. The number of anilines is 1. The van der Waals surface area contributed by atoms with Crippen molar-refractivity contribution in [1.82, 2.24) is 10.2 Å². The van der Waals surface area contributed by atoms with E-state index in [0.29, 0.717) is 36.3 Å². The van der Waals surface area contributed by atoms with E-state index < -0.39 is 5.97 Å². The topological polar surface area (TPSA) is 98.7 Å². The van der Waals surface area contributed by atoms with E-state index in [4.69, 9.17) is 5.11 Å². The fourth-order valence-corrected chi connectivity index (χ4v) is 3.80. The van der Waals surface area contributed by atoms with Crippen molar-refractivity contribution in [2.45, 2.75) is 25.4 Å². The van der Waals surface area contributed by atoms with Crippen LogP contribution >= 0.6 is 22.6 Å². The van der Waals surface area contributed by atoms with E-state index in [-0.39, 0.29) is 24.4 Å². The molecule has 0 spiro atoms. The molecule has 3 N–H and O–H groups in total. The van der Waals surface area contributed by atoms with Gasteiger partial charge in [0.1, 0.15) is 6.54 Å². The van der Waals surface area contributed by atoms with Crippen molar-refractivity contribution in [3.05, 3.63) is 39.1 Å². The molecule has 2 aliphatic rings. The highest BCUT2D eigenvalue weighted by molar-refractivity contribution is 14.1. The lowest BCUT2D eigenvalue weighted by molar-refractivity contribution is -0.135. The maximum Gasteiger partial charge on any atom is 0.322 e. The summed E-state index contributed by atoms with van der Waals surface area (Å²) >= 11 is 2.14. The number of hydrogen-bond donors (Lipinski definition) is 3. The second kappa shape index (κ2) is 6.42. The summed E-state index contributed by atoms with van der Waals surface area (Å²) in [5.41, 5.74) is 2.41. The highest BCUT2D eigenvalue weighted by Crippen LogP contribution is 2.35. The number of aliphatic carboxylic acids is 1. The second-order valence-electron chi connectivity index (χ2n) is 5.80. The maximum atomic E-state index is 12.9. The Bertz CT molecular complexity index is 762. The second-order valence-corrected chi connectivity index (χ2v) is 7.04. The molecule has 2 heterocycles. The third kappa shape index (κ3) is 3.10. The minimum atomic E-state index is -0.992. The molecular formula is C16H16IN3O4. The largest absolute Gasteiger partial charge is 0.480 e. The molecule has 7 nitrogen and oxygen atoms in total.